The molecule has 1 N–H and O–H groups in total. The molecule has 1 aliphatic carbocycles. The van der Waals surface area contributed by atoms with Crippen molar-refractivity contribution in [3.05, 3.63) is 28.0 Å². The van der Waals surface area contributed by atoms with Crippen LogP contribution < -0.4 is 5.32 Å². The number of thiazole rings is 1. The van der Waals surface area contributed by atoms with Gasteiger partial charge in [0.05, 0.1) is 5.69 Å². The molecule has 1 amide bonds. The van der Waals surface area contributed by atoms with E-state index in [4.69, 9.17) is 0 Å². The van der Waals surface area contributed by atoms with Crippen LogP contribution in [0.3, 0.4) is 0 Å². The molecular weight excluding hydrogens is 272 g/mol. The molecule has 0 spiro atoms. The third kappa shape index (κ3) is 2.35. The summed E-state index contributed by atoms with van der Waals surface area (Å²) in [7, 11) is 0. The third-order valence-electron chi connectivity index (χ3n) is 3.46. The van der Waals surface area contributed by atoms with Gasteiger partial charge in [0.1, 0.15) is 0 Å². The molecule has 2 heterocycles. The van der Waals surface area contributed by atoms with Gasteiger partial charge in [-0.2, -0.15) is 5.10 Å². The second-order valence-electron chi connectivity index (χ2n) is 5.41. The maximum absolute atomic E-state index is 12.2. The molecule has 0 radical (unpaired) electrons. The van der Waals surface area contributed by atoms with E-state index < -0.39 is 0 Å². The van der Waals surface area contributed by atoms with Gasteiger partial charge in [-0.05, 0) is 46.1 Å². The Kier molecular flexibility index (Phi) is 3.33. The summed E-state index contributed by atoms with van der Waals surface area (Å²) in [6.45, 7) is 6.06. The standard InChI is InChI=1S/C14H18N4OS/c1-8(2)18-9(3)7-11(17-18)13(19)16-14-15-10-5-4-6-12(10)20-14/h7-8H,4-6H2,1-3H3,(H,15,16,19). The van der Waals surface area contributed by atoms with Crippen LogP contribution in [0.1, 0.15) is 53.1 Å². The van der Waals surface area contributed by atoms with E-state index in [0.717, 1.165) is 24.2 Å². The number of carbonyl (C=O) groups excluding carboxylic acids is 1. The summed E-state index contributed by atoms with van der Waals surface area (Å²) in [5, 5.41) is 7.90. The van der Waals surface area contributed by atoms with Crippen molar-refractivity contribution >= 4 is 22.4 Å². The molecule has 5 nitrogen and oxygen atoms in total. The lowest BCUT2D eigenvalue weighted by atomic mass is 10.3. The number of hydrogen-bond donors (Lipinski definition) is 1. The van der Waals surface area contributed by atoms with Crippen molar-refractivity contribution in [2.45, 2.75) is 46.1 Å². The van der Waals surface area contributed by atoms with Crippen molar-refractivity contribution in [3.8, 4) is 0 Å². The van der Waals surface area contributed by atoms with Crippen molar-refractivity contribution < 1.29 is 4.79 Å². The summed E-state index contributed by atoms with van der Waals surface area (Å²) < 4.78 is 1.86. The lowest BCUT2D eigenvalue weighted by molar-refractivity contribution is 0.102. The van der Waals surface area contributed by atoms with Gasteiger partial charge in [0.15, 0.2) is 10.8 Å². The number of aryl methyl sites for hydroxylation is 3. The molecule has 1 aliphatic rings. The molecule has 106 valence electrons. The van der Waals surface area contributed by atoms with Crippen molar-refractivity contribution in [1.29, 1.82) is 0 Å². The zero-order valence-corrected chi connectivity index (χ0v) is 12.8. The first kappa shape index (κ1) is 13.3. The highest BCUT2D eigenvalue weighted by atomic mass is 32.1. The van der Waals surface area contributed by atoms with Crippen LogP contribution in [0.15, 0.2) is 6.07 Å². The molecular formula is C14H18N4OS. The second-order valence-corrected chi connectivity index (χ2v) is 6.49. The summed E-state index contributed by atoms with van der Waals surface area (Å²) in [5.74, 6) is -0.181. The fraction of sp³-hybridized carbons (Fsp3) is 0.500. The first-order chi connectivity index (χ1) is 9.54. The monoisotopic (exact) mass is 290 g/mol. The van der Waals surface area contributed by atoms with E-state index in [2.05, 4.69) is 15.4 Å². The number of anilines is 1. The summed E-state index contributed by atoms with van der Waals surface area (Å²) in [6.07, 6.45) is 3.30. The topological polar surface area (TPSA) is 59.8 Å². The highest BCUT2D eigenvalue weighted by Gasteiger charge is 2.19. The number of amides is 1. The maximum Gasteiger partial charge on any atom is 0.277 e. The molecule has 0 saturated heterocycles. The van der Waals surface area contributed by atoms with Gasteiger partial charge in [-0.1, -0.05) is 0 Å². The minimum Gasteiger partial charge on any atom is -0.296 e. The number of rotatable bonds is 3. The molecule has 0 aliphatic heterocycles. The van der Waals surface area contributed by atoms with Crippen LogP contribution >= 0.6 is 11.3 Å². The number of nitrogens with one attached hydrogen (secondary N) is 1. The molecule has 0 fully saturated rings. The fourth-order valence-electron chi connectivity index (χ4n) is 2.53. The van der Waals surface area contributed by atoms with E-state index >= 15 is 0 Å². The lowest BCUT2D eigenvalue weighted by Crippen LogP contribution is -2.14. The van der Waals surface area contributed by atoms with Gasteiger partial charge in [-0.25, -0.2) is 4.98 Å². The molecule has 0 unspecified atom stereocenters. The molecule has 0 saturated carbocycles. The minimum atomic E-state index is -0.181. The Balaban J connectivity index is 1.77. The van der Waals surface area contributed by atoms with Gasteiger partial charge in [0.25, 0.3) is 5.91 Å². The van der Waals surface area contributed by atoms with Crippen molar-refractivity contribution in [1.82, 2.24) is 14.8 Å². The highest BCUT2D eigenvalue weighted by Crippen LogP contribution is 2.30. The van der Waals surface area contributed by atoms with E-state index in [-0.39, 0.29) is 11.9 Å². The van der Waals surface area contributed by atoms with Gasteiger partial charge < -0.3 is 0 Å². The zero-order valence-electron chi connectivity index (χ0n) is 11.9. The normalized spacial score (nSPS) is 13.8. The average Bonchev–Trinajstić information content (AvgIpc) is 3.02. The van der Waals surface area contributed by atoms with Crippen LogP contribution in [0.25, 0.3) is 0 Å². The molecule has 20 heavy (non-hydrogen) atoms. The Hall–Kier alpha value is -1.69. The van der Waals surface area contributed by atoms with E-state index in [1.165, 1.54) is 11.3 Å². The van der Waals surface area contributed by atoms with Crippen molar-refractivity contribution in [2.75, 3.05) is 5.32 Å². The lowest BCUT2D eigenvalue weighted by Gasteiger charge is -2.06. The van der Waals surface area contributed by atoms with Crippen LogP contribution in [0.5, 0.6) is 0 Å². The number of carbonyl (C=O) groups is 1. The van der Waals surface area contributed by atoms with Crippen LogP contribution in [-0.4, -0.2) is 20.7 Å². The molecule has 0 atom stereocenters. The fourth-order valence-corrected chi connectivity index (χ4v) is 3.57. The van der Waals surface area contributed by atoms with Crippen LogP contribution in [0.2, 0.25) is 0 Å². The van der Waals surface area contributed by atoms with Crippen molar-refractivity contribution in [2.24, 2.45) is 0 Å². The first-order valence-electron chi connectivity index (χ1n) is 6.90. The van der Waals surface area contributed by atoms with E-state index in [1.54, 1.807) is 11.3 Å². The largest absolute Gasteiger partial charge is 0.296 e. The predicted molar refractivity (Wildman–Crippen MR) is 79.4 cm³/mol. The van der Waals surface area contributed by atoms with Crippen LogP contribution in [-0.2, 0) is 12.8 Å². The second kappa shape index (κ2) is 5.01. The number of hydrogen-bond acceptors (Lipinski definition) is 4. The van der Waals surface area contributed by atoms with Gasteiger partial charge in [0.2, 0.25) is 0 Å². The van der Waals surface area contributed by atoms with E-state index in [0.29, 0.717) is 10.8 Å². The van der Waals surface area contributed by atoms with Gasteiger partial charge in [-0.3, -0.25) is 14.8 Å². The Bertz CT molecular complexity index is 635. The van der Waals surface area contributed by atoms with Gasteiger partial charge in [-0.15, -0.1) is 11.3 Å². The first-order valence-corrected chi connectivity index (χ1v) is 7.72. The predicted octanol–water partition coefficient (Wildman–Crippen LogP) is 2.97. The Morgan fingerprint density at radius 1 is 1.45 bits per heavy atom. The Morgan fingerprint density at radius 3 is 2.90 bits per heavy atom. The summed E-state index contributed by atoms with van der Waals surface area (Å²) >= 11 is 1.58. The van der Waals surface area contributed by atoms with E-state index in [1.807, 2.05) is 31.5 Å². The van der Waals surface area contributed by atoms with Crippen molar-refractivity contribution in [3.63, 3.8) is 0 Å². The Morgan fingerprint density at radius 2 is 2.25 bits per heavy atom. The molecule has 3 rings (SSSR count). The number of nitrogens with zero attached hydrogens (tertiary/aromatic N) is 3. The molecule has 0 aromatic carbocycles. The van der Waals surface area contributed by atoms with Crippen LogP contribution in [0.4, 0.5) is 5.13 Å². The number of aromatic nitrogens is 3. The van der Waals surface area contributed by atoms with Gasteiger partial charge >= 0.3 is 0 Å². The smallest absolute Gasteiger partial charge is 0.277 e. The molecule has 0 bridgehead atoms. The third-order valence-corrected chi connectivity index (χ3v) is 4.53. The molecule has 6 heteroatoms. The summed E-state index contributed by atoms with van der Waals surface area (Å²) in [5.41, 5.74) is 2.59. The summed E-state index contributed by atoms with van der Waals surface area (Å²) in [6, 6.07) is 2.07. The number of fused-ring (bicyclic) bond motifs is 1. The zero-order chi connectivity index (χ0) is 14.3. The molecule has 2 aromatic rings. The van der Waals surface area contributed by atoms with Crippen LogP contribution in [0, 0.1) is 6.92 Å². The summed E-state index contributed by atoms with van der Waals surface area (Å²) in [4.78, 5) is 18.0. The molecule has 2 aromatic heterocycles. The average molecular weight is 290 g/mol. The maximum atomic E-state index is 12.2. The quantitative estimate of drug-likeness (QED) is 0.945. The Labute approximate surface area is 122 Å². The SMILES string of the molecule is Cc1cc(C(=O)Nc2nc3c(s2)CCC3)nn1C(C)C. The van der Waals surface area contributed by atoms with Gasteiger partial charge in [0, 0.05) is 16.6 Å². The highest BCUT2D eigenvalue weighted by molar-refractivity contribution is 7.15. The van der Waals surface area contributed by atoms with E-state index in [9.17, 15) is 4.79 Å². The minimum absolute atomic E-state index is 0.181.